The molecule has 1 aliphatic carbocycles. The number of rotatable bonds is 4. The molecule has 5 nitrogen and oxygen atoms in total. The minimum atomic E-state index is -0.136. The molecule has 0 fully saturated rings. The summed E-state index contributed by atoms with van der Waals surface area (Å²) in [4.78, 5) is 24.3. The molecule has 2 aliphatic rings. The van der Waals surface area contributed by atoms with Gasteiger partial charge in [-0.2, -0.15) is 0 Å². The van der Waals surface area contributed by atoms with Crippen LogP contribution in [0.25, 0.3) is 0 Å². The van der Waals surface area contributed by atoms with Gasteiger partial charge >= 0.3 is 6.07 Å². The average Bonchev–Trinajstić information content (AvgIpc) is 3.03. The first kappa shape index (κ1) is 21.9. The van der Waals surface area contributed by atoms with E-state index in [9.17, 15) is 4.79 Å². The fourth-order valence-electron chi connectivity index (χ4n) is 3.99. The smallest absolute Gasteiger partial charge is 0.308 e. The molecule has 0 saturated heterocycles. The van der Waals surface area contributed by atoms with Crippen LogP contribution in [0.5, 0.6) is 0 Å². The second-order valence-electron chi connectivity index (χ2n) is 8.36. The van der Waals surface area contributed by atoms with Gasteiger partial charge in [0.2, 0.25) is 0 Å². The highest BCUT2D eigenvalue weighted by Gasteiger charge is 2.24. The third-order valence-corrected chi connectivity index (χ3v) is 7.04. The highest BCUT2D eigenvalue weighted by atomic mass is 32.2. The van der Waals surface area contributed by atoms with E-state index in [0.717, 1.165) is 45.0 Å². The Morgan fingerprint density at radius 3 is 2.71 bits per heavy atom. The van der Waals surface area contributed by atoms with Gasteiger partial charge in [0.1, 0.15) is 5.56 Å². The highest BCUT2D eigenvalue weighted by Crippen LogP contribution is 2.45. The third kappa shape index (κ3) is 4.57. The van der Waals surface area contributed by atoms with Crippen LogP contribution in [-0.2, 0) is 6.54 Å². The Hall–Kier alpha value is -3.95. The number of aromatic nitrogens is 1. The van der Waals surface area contributed by atoms with Crippen LogP contribution in [-0.4, -0.2) is 16.6 Å². The van der Waals surface area contributed by atoms with Gasteiger partial charge in [-0.3, -0.25) is 9.78 Å². The second-order valence-corrected chi connectivity index (χ2v) is 9.50. The summed E-state index contributed by atoms with van der Waals surface area (Å²) in [5, 5.41) is 10.3. The predicted octanol–water partition coefficient (Wildman–Crippen LogP) is 4.21. The Labute approximate surface area is 203 Å². The quantitative estimate of drug-likeness (QED) is 0.609. The molecule has 0 spiro atoms. The van der Waals surface area contributed by atoms with Gasteiger partial charge in [0.25, 0.3) is 5.91 Å². The lowest BCUT2D eigenvalue weighted by Gasteiger charge is -2.19. The zero-order valence-corrected chi connectivity index (χ0v) is 19.5. The summed E-state index contributed by atoms with van der Waals surface area (Å²) in [7, 11) is 0. The number of fused-ring (bicyclic) bond motifs is 1. The Kier molecular flexibility index (Phi) is 6.11. The van der Waals surface area contributed by atoms with Crippen molar-refractivity contribution in [2.75, 3.05) is 0 Å². The molecular formula is C28H23N4OS+. The monoisotopic (exact) mass is 463 g/mol. The van der Waals surface area contributed by atoms with Crippen LogP contribution >= 0.6 is 11.8 Å². The lowest BCUT2D eigenvalue weighted by atomic mass is 9.92. The van der Waals surface area contributed by atoms with E-state index in [1.54, 1.807) is 24.2 Å². The first-order valence-electron chi connectivity index (χ1n) is 11.1. The molecule has 0 bridgehead atoms. The van der Waals surface area contributed by atoms with Crippen LogP contribution in [0.15, 0.2) is 99.5 Å². The van der Waals surface area contributed by atoms with Crippen LogP contribution in [0.2, 0.25) is 0 Å². The number of nitrogens with one attached hydrogen (secondary N) is 2. The van der Waals surface area contributed by atoms with E-state index < -0.39 is 0 Å². The maximum atomic E-state index is 12.9. The van der Waals surface area contributed by atoms with Crippen LogP contribution in [0.4, 0.5) is 5.69 Å². The van der Waals surface area contributed by atoms with Crippen molar-refractivity contribution in [1.82, 2.24) is 10.3 Å². The molecule has 0 radical (unpaired) electrons. The molecule has 34 heavy (non-hydrogen) atoms. The second kappa shape index (κ2) is 9.50. The van der Waals surface area contributed by atoms with Gasteiger partial charge in [0.15, 0.2) is 0 Å². The first-order valence-corrected chi connectivity index (χ1v) is 11.9. The van der Waals surface area contributed by atoms with Crippen LogP contribution < -0.4 is 10.6 Å². The fourth-order valence-corrected chi connectivity index (χ4v) is 5.23. The molecule has 0 saturated carbocycles. The standard InChI is InChI=1S/C28H22N4OS/c1-18-2-8-23-26(14-18)34-25-9-7-22(28(33)31-17-20-10-12-30-13-11-20)15-24(25)32-27(23)21-5-3-19(16-29)4-6-21/h2-13,15,18H,14,17H2,1H3,(H,31,33)/p+1. The number of carbonyl (C=O) groups excluding carboxylic acids is 1. The van der Waals surface area contributed by atoms with Crippen molar-refractivity contribution in [2.45, 2.75) is 24.8 Å². The third-order valence-electron chi connectivity index (χ3n) is 5.85. The van der Waals surface area contributed by atoms with E-state index in [0.29, 0.717) is 18.0 Å². The molecule has 2 heterocycles. The maximum absolute atomic E-state index is 12.9. The summed E-state index contributed by atoms with van der Waals surface area (Å²) in [6.45, 7) is 2.66. The van der Waals surface area contributed by atoms with Gasteiger partial charge in [0, 0.05) is 40.5 Å². The van der Waals surface area contributed by atoms with E-state index in [-0.39, 0.29) is 5.91 Å². The van der Waals surface area contributed by atoms with Crippen molar-refractivity contribution in [2.24, 2.45) is 10.9 Å². The number of pyridine rings is 1. The normalized spacial score (nSPS) is 16.6. The predicted molar refractivity (Wildman–Crippen MR) is 134 cm³/mol. The number of allylic oxidation sites excluding steroid dienone is 4. The van der Waals surface area contributed by atoms with Crippen molar-refractivity contribution in [3.05, 3.63) is 112 Å². The Bertz CT molecular complexity index is 1380. The zero-order valence-electron chi connectivity index (χ0n) is 18.7. The fraction of sp³-hybridized carbons (Fsp3) is 0.143. The van der Waals surface area contributed by atoms with Gasteiger partial charge in [0.05, 0.1) is 11.4 Å². The zero-order chi connectivity index (χ0) is 23.5. The van der Waals surface area contributed by atoms with Crippen molar-refractivity contribution in [3.8, 4) is 6.07 Å². The molecular weight excluding hydrogens is 440 g/mol. The molecule has 6 heteroatoms. The molecule has 2 aromatic carbocycles. The minimum absolute atomic E-state index is 0.136. The first-order chi connectivity index (χ1) is 16.6. The number of amides is 1. The topological polar surface area (TPSA) is 78.2 Å². The molecule has 1 aromatic heterocycles. The van der Waals surface area contributed by atoms with Crippen LogP contribution in [0, 0.1) is 12.0 Å². The van der Waals surface area contributed by atoms with Crippen LogP contribution in [0.1, 0.15) is 40.4 Å². The number of nitrogens with zero attached hydrogens (tertiary/aromatic N) is 2. The van der Waals surface area contributed by atoms with Gasteiger partial charge < -0.3 is 5.32 Å². The molecule has 5 rings (SSSR count). The maximum Gasteiger partial charge on any atom is 0.308 e. The van der Waals surface area contributed by atoms with Gasteiger partial charge in [-0.05, 0) is 65.3 Å². The highest BCUT2D eigenvalue weighted by molar-refractivity contribution is 8.03. The summed E-state index contributed by atoms with van der Waals surface area (Å²) in [6.07, 6.45) is 8.78. The van der Waals surface area contributed by atoms with E-state index in [4.69, 9.17) is 10.3 Å². The Morgan fingerprint density at radius 2 is 1.94 bits per heavy atom. The summed E-state index contributed by atoms with van der Waals surface area (Å²) in [5.74, 6) is 0.324. The molecule has 1 unspecified atom stereocenters. The number of hydrogen-bond acceptors (Lipinski definition) is 4. The largest absolute Gasteiger partial charge is 0.348 e. The SMILES string of the molecule is CC1C=CC2=C(C1)Sc1ccc(C(=O)NCc3ccncc3)cc1N=C2c1ccc(C#[NH+])cc1. The van der Waals surface area contributed by atoms with E-state index in [1.165, 1.54) is 4.91 Å². The Balaban J connectivity index is 1.51. The Morgan fingerprint density at radius 1 is 1.15 bits per heavy atom. The number of carbonyl (C=O) groups is 1. The van der Waals surface area contributed by atoms with Gasteiger partial charge in [-0.1, -0.05) is 48.2 Å². The summed E-state index contributed by atoms with van der Waals surface area (Å²) < 4.78 is 0. The summed E-state index contributed by atoms with van der Waals surface area (Å²) >= 11 is 1.74. The molecule has 1 aliphatic heterocycles. The average molecular weight is 464 g/mol. The summed E-state index contributed by atoms with van der Waals surface area (Å²) in [6, 6.07) is 19.6. The van der Waals surface area contributed by atoms with Crippen molar-refractivity contribution < 1.29 is 10.1 Å². The van der Waals surface area contributed by atoms with Crippen LogP contribution in [0.3, 0.4) is 0 Å². The summed E-state index contributed by atoms with van der Waals surface area (Å²) in [5.41, 5.74) is 6.07. The van der Waals surface area contributed by atoms with Gasteiger partial charge in [-0.15, -0.1) is 0 Å². The molecule has 1 amide bonds. The van der Waals surface area contributed by atoms with E-state index in [2.05, 4.69) is 35.4 Å². The lowest BCUT2D eigenvalue weighted by Crippen LogP contribution is -2.22. The molecule has 3 aromatic rings. The molecule has 2 N–H and O–H groups in total. The molecule has 1 atom stereocenters. The number of benzene rings is 2. The van der Waals surface area contributed by atoms with Crippen molar-refractivity contribution in [1.29, 1.82) is 0 Å². The number of thioether (sulfide) groups is 1. The lowest BCUT2D eigenvalue weighted by molar-refractivity contribution is -0.0909. The molecule has 166 valence electrons. The van der Waals surface area contributed by atoms with Gasteiger partial charge in [-0.25, -0.2) is 4.99 Å². The minimum Gasteiger partial charge on any atom is -0.348 e. The van der Waals surface area contributed by atoms with Crippen molar-refractivity contribution >= 4 is 29.1 Å². The van der Waals surface area contributed by atoms with E-state index >= 15 is 0 Å². The van der Waals surface area contributed by atoms with Crippen molar-refractivity contribution in [3.63, 3.8) is 0 Å². The number of aliphatic imine (C=N–C) groups is 1. The number of hydrogen-bond donors (Lipinski definition) is 2. The van der Waals surface area contributed by atoms with E-state index in [1.807, 2.05) is 54.6 Å².